The van der Waals surface area contributed by atoms with Crippen molar-refractivity contribution < 1.29 is 13.9 Å². The molecule has 1 atom stereocenters. The molecule has 0 unspecified atom stereocenters. The Hall–Kier alpha value is -2.86. The number of carbonyl (C=O) groups is 1. The Bertz CT molecular complexity index is 901. The van der Waals surface area contributed by atoms with Crippen LogP contribution < -0.4 is 4.74 Å². The van der Waals surface area contributed by atoms with Gasteiger partial charge in [0.25, 0.3) is 5.91 Å². The number of hydrogen-bond donors (Lipinski definition) is 0. The van der Waals surface area contributed by atoms with Crippen LogP contribution in [0.2, 0.25) is 0 Å². The zero-order valence-corrected chi connectivity index (χ0v) is 14.4. The van der Waals surface area contributed by atoms with Crippen molar-refractivity contribution in [2.45, 2.75) is 12.5 Å². The molecule has 0 aliphatic carbocycles. The molecule has 2 aromatic heterocycles. The van der Waals surface area contributed by atoms with Gasteiger partial charge in [0.1, 0.15) is 17.6 Å². The molecular formula is C19H16N2O3S. The Morgan fingerprint density at radius 3 is 2.84 bits per heavy atom. The van der Waals surface area contributed by atoms with Gasteiger partial charge in [-0.2, -0.15) is 5.10 Å². The maximum atomic E-state index is 13.1. The molecule has 4 rings (SSSR count). The quantitative estimate of drug-likeness (QED) is 0.702. The second-order valence-corrected chi connectivity index (χ2v) is 6.56. The zero-order valence-electron chi connectivity index (χ0n) is 13.6. The fourth-order valence-corrected chi connectivity index (χ4v) is 3.66. The fraction of sp³-hybridized carbons (Fsp3) is 0.158. The van der Waals surface area contributed by atoms with E-state index in [1.165, 1.54) is 5.01 Å². The zero-order chi connectivity index (χ0) is 17.2. The minimum atomic E-state index is -0.260. The van der Waals surface area contributed by atoms with Gasteiger partial charge in [-0.15, -0.1) is 11.3 Å². The number of para-hydroxylation sites is 1. The lowest BCUT2D eigenvalue weighted by molar-refractivity contribution is 0.0689. The SMILES string of the molecule is COc1ccccc1C(=O)N1N=C(c2cccs2)C[C@@H]1c1ccco1. The Balaban J connectivity index is 1.74. The molecule has 0 saturated heterocycles. The summed E-state index contributed by atoms with van der Waals surface area (Å²) in [6, 6.07) is 14.6. The number of amides is 1. The molecule has 126 valence electrons. The highest BCUT2D eigenvalue weighted by atomic mass is 32.1. The minimum absolute atomic E-state index is 0.203. The highest BCUT2D eigenvalue weighted by molar-refractivity contribution is 7.12. The molecule has 0 N–H and O–H groups in total. The van der Waals surface area contributed by atoms with Crippen LogP contribution in [0.1, 0.15) is 33.5 Å². The van der Waals surface area contributed by atoms with E-state index in [0.717, 1.165) is 16.3 Å². The van der Waals surface area contributed by atoms with E-state index in [0.29, 0.717) is 17.7 Å². The van der Waals surface area contributed by atoms with E-state index in [4.69, 9.17) is 9.15 Å². The highest BCUT2D eigenvalue weighted by Crippen LogP contribution is 2.36. The third-order valence-corrected chi connectivity index (χ3v) is 5.05. The second kappa shape index (κ2) is 6.57. The van der Waals surface area contributed by atoms with Crippen LogP contribution >= 0.6 is 11.3 Å². The van der Waals surface area contributed by atoms with Crippen molar-refractivity contribution in [3.63, 3.8) is 0 Å². The summed E-state index contributed by atoms with van der Waals surface area (Å²) in [5.74, 6) is 1.05. The maximum Gasteiger partial charge on any atom is 0.278 e. The molecular weight excluding hydrogens is 336 g/mol. The summed E-state index contributed by atoms with van der Waals surface area (Å²) >= 11 is 1.61. The smallest absolute Gasteiger partial charge is 0.278 e. The summed E-state index contributed by atoms with van der Waals surface area (Å²) in [7, 11) is 1.56. The van der Waals surface area contributed by atoms with Gasteiger partial charge >= 0.3 is 0 Å². The van der Waals surface area contributed by atoms with Crippen molar-refractivity contribution in [3.8, 4) is 5.75 Å². The van der Waals surface area contributed by atoms with Gasteiger partial charge < -0.3 is 9.15 Å². The average molecular weight is 352 g/mol. The highest BCUT2D eigenvalue weighted by Gasteiger charge is 2.36. The van der Waals surface area contributed by atoms with Gasteiger partial charge in [0.15, 0.2) is 0 Å². The fourth-order valence-electron chi connectivity index (χ4n) is 2.94. The lowest BCUT2D eigenvalue weighted by Crippen LogP contribution is -2.27. The number of thiophene rings is 1. The van der Waals surface area contributed by atoms with Gasteiger partial charge in [0, 0.05) is 6.42 Å². The predicted octanol–water partition coefficient (Wildman–Crippen LogP) is 4.34. The number of rotatable bonds is 4. The molecule has 0 radical (unpaired) electrons. The normalized spacial score (nSPS) is 16.8. The molecule has 3 aromatic rings. The lowest BCUT2D eigenvalue weighted by Gasteiger charge is -2.20. The van der Waals surface area contributed by atoms with Crippen LogP contribution in [0.5, 0.6) is 5.75 Å². The molecule has 25 heavy (non-hydrogen) atoms. The molecule has 0 fully saturated rings. The number of hydrogen-bond acceptors (Lipinski definition) is 5. The first-order valence-corrected chi connectivity index (χ1v) is 8.77. The van der Waals surface area contributed by atoms with Crippen molar-refractivity contribution in [2.24, 2.45) is 5.10 Å². The van der Waals surface area contributed by atoms with Crippen molar-refractivity contribution in [1.82, 2.24) is 5.01 Å². The molecule has 1 aliphatic heterocycles. The molecule has 5 nitrogen and oxygen atoms in total. The third-order valence-electron chi connectivity index (χ3n) is 4.13. The summed E-state index contributed by atoms with van der Waals surface area (Å²) in [5, 5.41) is 8.13. The molecule has 6 heteroatoms. The largest absolute Gasteiger partial charge is 0.496 e. The third kappa shape index (κ3) is 2.85. The van der Waals surface area contributed by atoms with E-state index in [1.54, 1.807) is 36.8 Å². The first-order valence-electron chi connectivity index (χ1n) is 7.89. The molecule has 0 spiro atoms. The molecule has 1 amide bonds. The van der Waals surface area contributed by atoms with Crippen molar-refractivity contribution in [1.29, 1.82) is 0 Å². The molecule has 1 aliphatic rings. The van der Waals surface area contributed by atoms with E-state index in [-0.39, 0.29) is 11.9 Å². The van der Waals surface area contributed by atoms with Crippen LogP contribution in [0.15, 0.2) is 69.7 Å². The standard InChI is InChI=1S/C19H16N2O3S/c1-23-16-7-3-2-6-13(16)19(22)21-15(17-8-4-10-24-17)12-14(20-21)18-9-5-11-25-18/h2-11,15H,12H2,1H3/t15-/m1/s1. The van der Waals surface area contributed by atoms with Crippen LogP contribution in [0.3, 0.4) is 0 Å². The molecule has 1 aromatic carbocycles. The number of methoxy groups -OCH3 is 1. The summed E-state index contributed by atoms with van der Waals surface area (Å²) in [6.07, 6.45) is 2.24. The van der Waals surface area contributed by atoms with Crippen LogP contribution in [-0.2, 0) is 0 Å². The van der Waals surface area contributed by atoms with Gasteiger partial charge in [-0.25, -0.2) is 5.01 Å². The summed E-state index contributed by atoms with van der Waals surface area (Å²) in [6.45, 7) is 0. The van der Waals surface area contributed by atoms with E-state index >= 15 is 0 Å². The number of nitrogens with zero attached hydrogens (tertiary/aromatic N) is 2. The predicted molar refractivity (Wildman–Crippen MR) is 96.1 cm³/mol. The Morgan fingerprint density at radius 2 is 2.12 bits per heavy atom. The number of ether oxygens (including phenoxy) is 1. The summed E-state index contributed by atoms with van der Waals surface area (Å²) < 4.78 is 10.9. The van der Waals surface area contributed by atoms with Gasteiger partial charge in [0.2, 0.25) is 0 Å². The topological polar surface area (TPSA) is 55.0 Å². The Morgan fingerprint density at radius 1 is 1.24 bits per heavy atom. The number of furan rings is 1. The van der Waals surface area contributed by atoms with E-state index in [9.17, 15) is 4.79 Å². The number of carbonyl (C=O) groups excluding carboxylic acids is 1. The van der Waals surface area contributed by atoms with Gasteiger partial charge in [-0.3, -0.25) is 4.79 Å². The average Bonchev–Trinajstić information content (AvgIpc) is 3.41. The van der Waals surface area contributed by atoms with Crippen LogP contribution in [0, 0.1) is 0 Å². The van der Waals surface area contributed by atoms with E-state index in [2.05, 4.69) is 5.10 Å². The van der Waals surface area contributed by atoms with Crippen molar-refractivity contribution in [2.75, 3.05) is 7.11 Å². The second-order valence-electron chi connectivity index (χ2n) is 5.61. The Labute approximate surface area is 149 Å². The van der Waals surface area contributed by atoms with Crippen molar-refractivity contribution >= 4 is 23.0 Å². The minimum Gasteiger partial charge on any atom is -0.496 e. The number of benzene rings is 1. The summed E-state index contributed by atoms with van der Waals surface area (Å²) in [4.78, 5) is 14.2. The van der Waals surface area contributed by atoms with Crippen LogP contribution in [0.4, 0.5) is 0 Å². The van der Waals surface area contributed by atoms with Gasteiger partial charge in [-0.1, -0.05) is 18.2 Å². The first-order chi connectivity index (χ1) is 12.3. The van der Waals surface area contributed by atoms with Crippen LogP contribution in [0.25, 0.3) is 0 Å². The monoisotopic (exact) mass is 352 g/mol. The number of hydrazone groups is 1. The molecule has 0 saturated carbocycles. The van der Waals surface area contributed by atoms with Gasteiger partial charge in [0.05, 0.1) is 29.5 Å². The van der Waals surface area contributed by atoms with E-state index < -0.39 is 0 Å². The van der Waals surface area contributed by atoms with Crippen LogP contribution in [-0.4, -0.2) is 23.7 Å². The molecule has 3 heterocycles. The lowest BCUT2D eigenvalue weighted by atomic mass is 10.1. The Kier molecular flexibility index (Phi) is 4.11. The van der Waals surface area contributed by atoms with E-state index in [1.807, 2.05) is 41.8 Å². The first kappa shape index (κ1) is 15.7. The molecule has 0 bridgehead atoms. The van der Waals surface area contributed by atoms with Gasteiger partial charge in [-0.05, 0) is 35.7 Å². The maximum absolute atomic E-state index is 13.1. The van der Waals surface area contributed by atoms with Crippen molar-refractivity contribution in [3.05, 3.63) is 76.4 Å². The summed E-state index contributed by atoms with van der Waals surface area (Å²) in [5.41, 5.74) is 1.37.